The Morgan fingerprint density at radius 1 is 1.53 bits per heavy atom. The van der Waals surface area contributed by atoms with Gasteiger partial charge in [-0.05, 0) is 6.07 Å². The number of benzene rings is 1. The van der Waals surface area contributed by atoms with Crippen LogP contribution in [0, 0.1) is 10.1 Å². The van der Waals surface area contributed by atoms with Crippen LogP contribution in [0.3, 0.4) is 0 Å². The molecule has 0 spiro atoms. The molecule has 9 heteroatoms. The first-order valence-corrected chi connectivity index (χ1v) is 6.06. The first-order chi connectivity index (χ1) is 9.08. The molecule has 2 rings (SSSR count). The molecular formula is C10H8N4O4S. The quantitative estimate of drug-likeness (QED) is 0.483. The monoisotopic (exact) mass is 280 g/mol. The fourth-order valence-corrected chi connectivity index (χ4v) is 1.95. The van der Waals surface area contributed by atoms with Crippen LogP contribution in [0.25, 0.3) is 0 Å². The van der Waals surface area contributed by atoms with Gasteiger partial charge in [0.2, 0.25) is 11.7 Å². The Kier molecular flexibility index (Phi) is 3.76. The number of amidine groups is 1. The van der Waals surface area contributed by atoms with Gasteiger partial charge < -0.3 is 10.4 Å². The molecule has 1 heterocycles. The number of carbonyl (C=O) groups excluding carboxylic acids is 1. The van der Waals surface area contributed by atoms with Gasteiger partial charge in [-0.25, -0.2) is 0 Å². The molecule has 0 aromatic heterocycles. The van der Waals surface area contributed by atoms with Gasteiger partial charge in [-0.1, -0.05) is 17.8 Å². The minimum Gasteiger partial charge on any atom is -0.502 e. The van der Waals surface area contributed by atoms with Crippen LogP contribution in [-0.4, -0.2) is 33.1 Å². The van der Waals surface area contributed by atoms with Crippen molar-refractivity contribution in [1.82, 2.24) is 5.32 Å². The number of phenolic OH excluding ortho intramolecular Hbond substituents is 1. The van der Waals surface area contributed by atoms with Crippen molar-refractivity contribution in [2.24, 2.45) is 10.2 Å². The van der Waals surface area contributed by atoms with Crippen LogP contribution in [0.5, 0.6) is 5.75 Å². The van der Waals surface area contributed by atoms with E-state index in [2.05, 4.69) is 15.5 Å². The van der Waals surface area contributed by atoms with Crippen LogP contribution in [0.2, 0.25) is 0 Å². The summed E-state index contributed by atoms with van der Waals surface area (Å²) in [7, 11) is 0. The Hall–Kier alpha value is -2.42. The predicted molar refractivity (Wildman–Crippen MR) is 70.4 cm³/mol. The minimum atomic E-state index is -0.689. The number of para-hydroxylation sites is 1. The number of rotatable bonds is 3. The molecule has 1 saturated heterocycles. The SMILES string of the molecule is O=C1CS/C(=N/N=Cc2cccc([N+](=O)[O-])c2O)N1. The van der Waals surface area contributed by atoms with Crippen molar-refractivity contribution in [2.45, 2.75) is 0 Å². The maximum Gasteiger partial charge on any atom is 0.311 e. The van der Waals surface area contributed by atoms with E-state index in [9.17, 15) is 20.0 Å². The lowest BCUT2D eigenvalue weighted by atomic mass is 10.2. The average Bonchev–Trinajstić information content (AvgIpc) is 2.77. The molecule has 0 atom stereocenters. The fraction of sp³-hybridized carbons (Fsp3) is 0.100. The fourth-order valence-electron chi connectivity index (χ4n) is 1.32. The summed E-state index contributed by atoms with van der Waals surface area (Å²) in [6.07, 6.45) is 1.18. The number of thioether (sulfide) groups is 1. The number of amides is 1. The largest absolute Gasteiger partial charge is 0.502 e. The summed E-state index contributed by atoms with van der Waals surface area (Å²) in [5.41, 5.74) is -0.229. The molecule has 1 fully saturated rings. The highest BCUT2D eigenvalue weighted by Crippen LogP contribution is 2.27. The van der Waals surface area contributed by atoms with Crippen LogP contribution in [0.4, 0.5) is 5.69 Å². The number of hydrogen-bond acceptors (Lipinski definition) is 7. The van der Waals surface area contributed by atoms with E-state index in [1.54, 1.807) is 0 Å². The number of nitro groups is 1. The summed E-state index contributed by atoms with van der Waals surface area (Å²) in [5, 5.41) is 30.5. The molecule has 0 aliphatic carbocycles. The minimum absolute atomic E-state index is 0.155. The molecule has 8 nitrogen and oxygen atoms in total. The number of phenols is 1. The second kappa shape index (κ2) is 5.48. The van der Waals surface area contributed by atoms with Crippen molar-refractivity contribution >= 4 is 34.7 Å². The van der Waals surface area contributed by atoms with E-state index in [1.807, 2.05) is 0 Å². The lowest BCUT2D eigenvalue weighted by molar-refractivity contribution is -0.385. The van der Waals surface area contributed by atoms with E-state index >= 15 is 0 Å². The zero-order valence-corrected chi connectivity index (χ0v) is 10.3. The smallest absolute Gasteiger partial charge is 0.311 e. The molecule has 1 aliphatic rings. The first-order valence-electron chi connectivity index (χ1n) is 5.08. The van der Waals surface area contributed by atoms with Crippen LogP contribution in [-0.2, 0) is 4.79 Å². The Balaban J connectivity index is 2.17. The van der Waals surface area contributed by atoms with Gasteiger partial charge in [-0.3, -0.25) is 14.9 Å². The van der Waals surface area contributed by atoms with Crippen molar-refractivity contribution in [3.63, 3.8) is 0 Å². The summed E-state index contributed by atoms with van der Waals surface area (Å²) >= 11 is 1.20. The topological polar surface area (TPSA) is 117 Å². The first kappa shape index (κ1) is 13.0. The molecule has 0 unspecified atom stereocenters. The molecule has 0 saturated carbocycles. The van der Waals surface area contributed by atoms with E-state index in [0.29, 0.717) is 5.17 Å². The van der Waals surface area contributed by atoms with Gasteiger partial charge in [-0.2, -0.15) is 5.10 Å². The predicted octanol–water partition coefficient (Wildman–Crippen LogP) is 0.853. The normalized spacial score (nSPS) is 17.1. The molecule has 2 N–H and O–H groups in total. The van der Waals surface area contributed by atoms with Crippen molar-refractivity contribution in [1.29, 1.82) is 0 Å². The standard InChI is InChI=1S/C10H8N4O4S/c15-8-5-19-10(12-8)13-11-4-6-2-1-3-7(9(6)16)14(17)18/h1-4,16H,5H2,(H,12,13,15). The average molecular weight is 280 g/mol. The molecule has 1 aliphatic heterocycles. The molecule has 1 amide bonds. The number of nitrogens with one attached hydrogen (secondary N) is 1. The van der Waals surface area contributed by atoms with Crippen LogP contribution >= 0.6 is 11.8 Å². The van der Waals surface area contributed by atoms with Gasteiger partial charge in [0.05, 0.1) is 16.9 Å². The maximum atomic E-state index is 10.9. The molecule has 98 valence electrons. The second-order valence-electron chi connectivity index (χ2n) is 3.46. The lowest BCUT2D eigenvalue weighted by Crippen LogP contribution is -2.19. The Morgan fingerprint density at radius 2 is 2.32 bits per heavy atom. The number of aromatic hydroxyl groups is 1. The molecule has 1 aromatic rings. The Bertz CT molecular complexity index is 599. The number of nitro benzene ring substituents is 1. The third kappa shape index (κ3) is 3.07. The second-order valence-corrected chi connectivity index (χ2v) is 4.42. The van der Waals surface area contributed by atoms with Crippen LogP contribution in [0.15, 0.2) is 28.4 Å². The Labute approximate surface area is 111 Å². The molecule has 0 bridgehead atoms. The molecule has 1 aromatic carbocycles. The van der Waals surface area contributed by atoms with E-state index in [1.165, 1.54) is 36.2 Å². The van der Waals surface area contributed by atoms with Gasteiger partial charge in [0, 0.05) is 11.6 Å². The molecular weight excluding hydrogens is 272 g/mol. The van der Waals surface area contributed by atoms with Crippen molar-refractivity contribution in [3.8, 4) is 5.75 Å². The Morgan fingerprint density at radius 3 is 2.95 bits per heavy atom. The van der Waals surface area contributed by atoms with E-state index in [4.69, 9.17) is 0 Å². The maximum absolute atomic E-state index is 10.9. The highest BCUT2D eigenvalue weighted by atomic mass is 32.2. The summed E-state index contributed by atoms with van der Waals surface area (Å²) in [6, 6.07) is 4.08. The van der Waals surface area contributed by atoms with Gasteiger partial charge in [-0.15, -0.1) is 5.10 Å². The van der Waals surface area contributed by atoms with Crippen molar-refractivity contribution < 1.29 is 14.8 Å². The van der Waals surface area contributed by atoms with Crippen molar-refractivity contribution in [2.75, 3.05) is 5.75 Å². The number of carbonyl (C=O) groups is 1. The van der Waals surface area contributed by atoms with Gasteiger partial charge in [0.1, 0.15) is 0 Å². The van der Waals surface area contributed by atoms with E-state index in [0.717, 1.165) is 0 Å². The number of hydrogen-bond donors (Lipinski definition) is 2. The third-order valence-electron chi connectivity index (χ3n) is 2.17. The summed E-state index contributed by atoms with van der Waals surface area (Å²) in [4.78, 5) is 20.8. The molecule has 19 heavy (non-hydrogen) atoms. The third-order valence-corrected chi connectivity index (χ3v) is 3.04. The summed E-state index contributed by atoms with van der Waals surface area (Å²) < 4.78 is 0. The van der Waals surface area contributed by atoms with E-state index < -0.39 is 16.4 Å². The zero-order chi connectivity index (χ0) is 13.8. The summed E-state index contributed by atoms with van der Waals surface area (Å²) in [6.45, 7) is 0. The highest BCUT2D eigenvalue weighted by molar-refractivity contribution is 8.15. The van der Waals surface area contributed by atoms with Gasteiger partial charge in [0.15, 0.2) is 5.17 Å². The van der Waals surface area contributed by atoms with Crippen molar-refractivity contribution in [3.05, 3.63) is 33.9 Å². The summed E-state index contributed by atoms with van der Waals surface area (Å²) in [5.74, 6) is -0.340. The highest BCUT2D eigenvalue weighted by Gasteiger charge is 2.17. The van der Waals surface area contributed by atoms with Crippen LogP contribution < -0.4 is 5.32 Å². The van der Waals surface area contributed by atoms with Gasteiger partial charge >= 0.3 is 5.69 Å². The lowest BCUT2D eigenvalue weighted by Gasteiger charge is -1.98. The zero-order valence-electron chi connectivity index (χ0n) is 9.44. The van der Waals surface area contributed by atoms with Gasteiger partial charge in [0.25, 0.3) is 0 Å². The van der Waals surface area contributed by atoms with E-state index in [-0.39, 0.29) is 17.2 Å². The number of nitrogens with zero attached hydrogens (tertiary/aromatic N) is 3. The molecule has 0 radical (unpaired) electrons. The van der Waals surface area contributed by atoms with Crippen LogP contribution in [0.1, 0.15) is 5.56 Å².